The summed E-state index contributed by atoms with van der Waals surface area (Å²) < 4.78 is 3.04. The minimum atomic E-state index is -0.679. The number of nitrogens with zero attached hydrogens (tertiary/aromatic N) is 3. The molecular formula is C24H19N3O4. The van der Waals surface area contributed by atoms with E-state index in [4.69, 9.17) is 0 Å². The van der Waals surface area contributed by atoms with E-state index in [-0.39, 0.29) is 24.7 Å². The van der Waals surface area contributed by atoms with Gasteiger partial charge in [-0.2, -0.15) is 0 Å². The molecule has 0 saturated carbocycles. The molecule has 1 aromatic heterocycles. The lowest BCUT2D eigenvalue weighted by Gasteiger charge is -2.09. The van der Waals surface area contributed by atoms with Crippen LogP contribution >= 0.6 is 0 Å². The number of aromatic nitrogens is 3. The van der Waals surface area contributed by atoms with Crippen molar-refractivity contribution in [2.24, 2.45) is 0 Å². The Hall–Kier alpha value is -4.26. The molecule has 0 atom stereocenters. The van der Waals surface area contributed by atoms with Crippen molar-refractivity contribution in [1.29, 1.82) is 0 Å². The fourth-order valence-corrected chi connectivity index (χ4v) is 3.33. The molecule has 0 aliphatic carbocycles. The molecule has 0 aliphatic rings. The number of para-hydroxylation sites is 1. The summed E-state index contributed by atoms with van der Waals surface area (Å²) in [4.78, 5) is 51.8. The molecule has 4 aromatic rings. The van der Waals surface area contributed by atoms with Crippen LogP contribution in [0, 0.1) is 0 Å². The first kappa shape index (κ1) is 20.0. The highest BCUT2D eigenvalue weighted by molar-refractivity contribution is 5.96. The van der Waals surface area contributed by atoms with E-state index in [1.807, 2.05) is 0 Å². The predicted octanol–water partition coefficient (Wildman–Crippen LogP) is 2.57. The Morgan fingerprint density at radius 2 is 0.903 bits per heavy atom. The van der Waals surface area contributed by atoms with Gasteiger partial charge in [0.25, 0.3) is 0 Å². The van der Waals surface area contributed by atoms with E-state index in [9.17, 15) is 19.2 Å². The van der Waals surface area contributed by atoms with Crippen LogP contribution in [0.4, 0.5) is 0 Å². The van der Waals surface area contributed by atoms with Crippen molar-refractivity contribution in [3.63, 3.8) is 0 Å². The number of benzene rings is 3. The summed E-state index contributed by atoms with van der Waals surface area (Å²) >= 11 is 0. The number of Topliss-reactive ketones (excluding diaryl/α,β-unsaturated/α-hetero) is 2. The average molecular weight is 413 g/mol. The van der Waals surface area contributed by atoms with Crippen LogP contribution in [-0.2, 0) is 13.1 Å². The Morgan fingerprint density at radius 3 is 1.29 bits per heavy atom. The summed E-state index contributed by atoms with van der Waals surface area (Å²) in [5, 5.41) is 0. The molecule has 0 saturated heterocycles. The number of carbonyl (C=O) groups is 2. The van der Waals surface area contributed by atoms with Crippen LogP contribution in [0.3, 0.4) is 0 Å². The van der Waals surface area contributed by atoms with Gasteiger partial charge in [-0.25, -0.2) is 23.5 Å². The SMILES string of the molecule is O=C(Cn1c(=O)n(-c2ccccc2)c(=O)n1CC(=O)c1ccccc1)c1ccccc1. The Balaban J connectivity index is 1.80. The summed E-state index contributed by atoms with van der Waals surface area (Å²) in [6.07, 6.45) is 0. The topological polar surface area (TPSA) is 83.1 Å². The molecule has 0 unspecified atom stereocenters. The smallest absolute Gasteiger partial charge is 0.292 e. The second kappa shape index (κ2) is 8.62. The Bertz CT molecular complexity index is 1250. The highest BCUT2D eigenvalue weighted by atomic mass is 16.2. The molecular weight excluding hydrogens is 394 g/mol. The van der Waals surface area contributed by atoms with Crippen LogP contribution in [0.1, 0.15) is 20.7 Å². The zero-order valence-corrected chi connectivity index (χ0v) is 16.5. The van der Waals surface area contributed by atoms with Gasteiger partial charge in [0.05, 0.1) is 5.69 Å². The Labute approximate surface area is 177 Å². The number of hydrogen-bond donors (Lipinski definition) is 0. The molecule has 4 rings (SSSR count). The van der Waals surface area contributed by atoms with Crippen molar-refractivity contribution in [3.8, 4) is 5.69 Å². The number of hydrogen-bond acceptors (Lipinski definition) is 4. The van der Waals surface area contributed by atoms with Crippen LogP contribution in [0.2, 0.25) is 0 Å². The first-order chi connectivity index (χ1) is 15.1. The lowest BCUT2D eigenvalue weighted by atomic mass is 10.1. The van der Waals surface area contributed by atoms with Gasteiger partial charge in [-0.05, 0) is 12.1 Å². The molecule has 0 fully saturated rings. The van der Waals surface area contributed by atoms with Crippen molar-refractivity contribution in [1.82, 2.24) is 13.9 Å². The van der Waals surface area contributed by atoms with Crippen LogP contribution in [-0.4, -0.2) is 25.5 Å². The predicted molar refractivity (Wildman–Crippen MR) is 116 cm³/mol. The molecule has 0 aliphatic heterocycles. The summed E-state index contributed by atoms with van der Waals surface area (Å²) in [7, 11) is 0. The standard InChI is InChI=1S/C24H19N3O4/c28-21(18-10-4-1-5-11-18)16-25-23(30)27(20-14-8-3-9-15-20)24(31)26(25)17-22(29)19-12-6-2-7-13-19/h1-15H,16-17H2. The van der Waals surface area contributed by atoms with Crippen molar-refractivity contribution in [2.45, 2.75) is 13.1 Å². The van der Waals surface area contributed by atoms with E-state index in [1.165, 1.54) is 0 Å². The number of carbonyl (C=O) groups excluding carboxylic acids is 2. The van der Waals surface area contributed by atoms with E-state index in [0.717, 1.165) is 13.9 Å². The summed E-state index contributed by atoms with van der Waals surface area (Å²) in [6.45, 7) is -0.722. The lowest BCUT2D eigenvalue weighted by Crippen LogP contribution is -2.32. The minimum Gasteiger partial charge on any atom is -0.292 e. The van der Waals surface area contributed by atoms with Crippen LogP contribution in [0.15, 0.2) is 101 Å². The van der Waals surface area contributed by atoms with Crippen LogP contribution in [0.5, 0.6) is 0 Å². The average Bonchev–Trinajstić information content (AvgIpc) is 3.04. The fraction of sp³-hybridized carbons (Fsp3) is 0.0833. The van der Waals surface area contributed by atoms with Gasteiger partial charge >= 0.3 is 11.4 Å². The van der Waals surface area contributed by atoms with Gasteiger partial charge in [0.1, 0.15) is 13.1 Å². The summed E-state index contributed by atoms with van der Waals surface area (Å²) in [5.41, 5.74) is -0.169. The van der Waals surface area contributed by atoms with Crippen molar-refractivity contribution in [3.05, 3.63) is 123 Å². The van der Waals surface area contributed by atoms with Crippen LogP contribution < -0.4 is 11.4 Å². The van der Waals surface area contributed by atoms with E-state index in [1.54, 1.807) is 91.0 Å². The quantitative estimate of drug-likeness (QED) is 0.436. The van der Waals surface area contributed by atoms with Crippen LogP contribution in [0.25, 0.3) is 5.69 Å². The Morgan fingerprint density at radius 1 is 0.548 bits per heavy atom. The molecule has 154 valence electrons. The second-order valence-corrected chi connectivity index (χ2v) is 6.93. The third-order valence-corrected chi connectivity index (χ3v) is 4.91. The highest BCUT2D eigenvalue weighted by Crippen LogP contribution is 2.06. The maximum Gasteiger partial charge on any atom is 0.352 e. The third kappa shape index (κ3) is 4.06. The molecule has 7 nitrogen and oxygen atoms in total. The zero-order valence-electron chi connectivity index (χ0n) is 16.5. The zero-order chi connectivity index (χ0) is 21.8. The molecule has 0 radical (unpaired) electrons. The van der Waals surface area contributed by atoms with Gasteiger partial charge in [0.2, 0.25) is 0 Å². The molecule has 0 spiro atoms. The van der Waals surface area contributed by atoms with E-state index >= 15 is 0 Å². The maximum atomic E-state index is 13.1. The van der Waals surface area contributed by atoms with Gasteiger partial charge in [-0.3, -0.25) is 9.59 Å². The largest absolute Gasteiger partial charge is 0.352 e. The first-order valence-corrected chi connectivity index (χ1v) is 9.71. The molecule has 31 heavy (non-hydrogen) atoms. The van der Waals surface area contributed by atoms with Crippen molar-refractivity contribution >= 4 is 11.6 Å². The van der Waals surface area contributed by atoms with Crippen molar-refractivity contribution in [2.75, 3.05) is 0 Å². The van der Waals surface area contributed by atoms with E-state index in [0.29, 0.717) is 16.8 Å². The number of ketones is 2. The first-order valence-electron chi connectivity index (χ1n) is 9.71. The summed E-state index contributed by atoms with van der Waals surface area (Å²) in [6, 6.07) is 25.4. The fourth-order valence-electron chi connectivity index (χ4n) is 3.33. The molecule has 7 heteroatoms. The molecule has 0 bridgehead atoms. The molecule has 0 N–H and O–H groups in total. The van der Waals surface area contributed by atoms with Gasteiger partial charge in [-0.1, -0.05) is 78.9 Å². The van der Waals surface area contributed by atoms with E-state index < -0.39 is 11.4 Å². The molecule has 1 heterocycles. The monoisotopic (exact) mass is 413 g/mol. The highest BCUT2D eigenvalue weighted by Gasteiger charge is 2.22. The van der Waals surface area contributed by atoms with Gasteiger partial charge in [0, 0.05) is 11.1 Å². The summed E-state index contributed by atoms with van der Waals surface area (Å²) in [5.74, 6) is -0.678. The van der Waals surface area contributed by atoms with Gasteiger partial charge in [0.15, 0.2) is 11.6 Å². The van der Waals surface area contributed by atoms with E-state index in [2.05, 4.69) is 0 Å². The Kier molecular flexibility index (Phi) is 5.57. The maximum absolute atomic E-state index is 13.1. The van der Waals surface area contributed by atoms with Gasteiger partial charge in [-0.15, -0.1) is 0 Å². The second-order valence-electron chi connectivity index (χ2n) is 6.93. The number of rotatable bonds is 7. The molecule has 3 aromatic carbocycles. The third-order valence-electron chi connectivity index (χ3n) is 4.91. The van der Waals surface area contributed by atoms with Crippen molar-refractivity contribution < 1.29 is 9.59 Å². The van der Waals surface area contributed by atoms with Gasteiger partial charge < -0.3 is 0 Å². The lowest BCUT2D eigenvalue weighted by molar-refractivity contribution is 0.0924. The normalized spacial score (nSPS) is 10.7. The molecule has 0 amide bonds. The minimum absolute atomic E-state index is 0.339.